The Labute approximate surface area is 82.4 Å². The number of alkyl halides is 1. The van der Waals surface area contributed by atoms with Gasteiger partial charge in [-0.1, -0.05) is 0 Å². The Morgan fingerprint density at radius 3 is 2.85 bits per heavy atom. The fraction of sp³-hybridized carbons (Fsp3) is 0.875. The normalized spacial score (nSPS) is 28.1. The SMILES string of the molecule is COC1CN(C(=O)CCCl)CC1O. The Hall–Kier alpha value is -0.320. The van der Waals surface area contributed by atoms with E-state index in [0.717, 1.165) is 0 Å². The van der Waals surface area contributed by atoms with Crippen LogP contribution in [0.5, 0.6) is 0 Å². The van der Waals surface area contributed by atoms with Gasteiger partial charge in [0, 0.05) is 32.5 Å². The summed E-state index contributed by atoms with van der Waals surface area (Å²) in [7, 11) is 1.53. The third-order valence-electron chi connectivity index (χ3n) is 2.20. The first-order chi connectivity index (χ1) is 6.19. The monoisotopic (exact) mass is 207 g/mol. The van der Waals surface area contributed by atoms with Gasteiger partial charge in [-0.25, -0.2) is 0 Å². The molecule has 1 heterocycles. The number of hydrogen-bond donors (Lipinski definition) is 1. The summed E-state index contributed by atoms with van der Waals surface area (Å²) >= 11 is 5.44. The Morgan fingerprint density at radius 2 is 2.38 bits per heavy atom. The maximum atomic E-state index is 11.3. The fourth-order valence-electron chi connectivity index (χ4n) is 1.43. The van der Waals surface area contributed by atoms with E-state index < -0.39 is 6.10 Å². The summed E-state index contributed by atoms with van der Waals surface area (Å²) in [4.78, 5) is 12.9. The second-order valence-electron chi connectivity index (χ2n) is 3.08. The third-order valence-corrected chi connectivity index (χ3v) is 2.39. The third kappa shape index (κ3) is 2.56. The quantitative estimate of drug-likeness (QED) is 0.654. The molecular formula is C8H14ClNO3. The van der Waals surface area contributed by atoms with Gasteiger partial charge in [0.1, 0.15) is 6.10 Å². The van der Waals surface area contributed by atoms with Crippen LogP contribution in [0.3, 0.4) is 0 Å². The number of likely N-dealkylation sites (tertiary alicyclic amines) is 1. The van der Waals surface area contributed by atoms with E-state index in [0.29, 0.717) is 25.4 Å². The Kier molecular flexibility index (Phi) is 3.96. The van der Waals surface area contributed by atoms with Crippen molar-refractivity contribution in [2.45, 2.75) is 18.6 Å². The molecule has 4 nitrogen and oxygen atoms in total. The molecule has 1 saturated heterocycles. The van der Waals surface area contributed by atoms with Crippen LogP contribution in [0.25, 0.3) is 0 Å². The number of β-amino-alcohol motifs (C(OH)–C–C–N with tert-alkyl or cyclic N) is 1. The van der Waals surface area contributed by atoms with Crippen molar-refractivity contribution in [1.29, 1.82) is 0 Å². The molecule has 0 saturated carbocycles. The second-order valence-corrected chi connectivity index (χ2v) is 3.46. The predicted octanol–water partition coefficient (Wildman–Crippen LogP) is -0.167. The molecule has 76 valence electrons. The lowest BCUT2D eigenvalue weighted by molar-refractivity contribution is -0.130. The highest BCUT2D eigenvalue weighted by Crippen LogP contribution is 2.13. The van der Waals surface area contributed by atoms with Gasteiger partial charge in [-0.3, -0.25) is 4.79 Å². The molecule has 0 aliphatic carbocycles. The molecule has 0 aromatic carbocycles. The number of methoxy groups -OCH3 is 1. The molecule has 2 unspecified atom stereocenters. The first-order valence-corrected chi connectivity index (χ1v) is 4.77. The highest BCUT2D eigenvalue weighted by molar-refractivity contribution is 6.18. The highest BCUT2D eigenvalue weighted by Gasteiger charge is 2.33. The van der Waals surface area contributed by atoms with Gasteiger partial charge in [0.05, 0.1) is 6.10 Å². The minimum Gasteiger partial charge on any atom is -0.388 e. The van der Waals surface area contributed by atoms with Crippen molar-refractivity contribution in [2.75, 3.05) is 26.1 Å². The van der Waals surface area contributed by atoms with E-state index in [1.807, 2.05) is 0 Å². The molecule has 1 fully saturated rings. The van der Waals surface area contributed by atoms with Crippen molar-refractivity contribution in [2.24, 2.45) is 0 Å². The minimum atomic E-state index is -0.565. The first kappa shape index (κ1) is 10.8. The molecule has 1 rings (SSSR count). The van der Waals surface area contributed by atoms with Crippen LogP contribution in [-0.2, 0) is 9.53 Å². The van der Waals surface area contributed by atoms with Crippen molar-refractivity contribution in [3.8, 4) is 0 Å². The van der Waals surface area contributed by atoms with Crippen LogP contribution < -0.4 is 0 Å². The molecule has 0 bridgehead atoms. The molecule has 0 aromatic rings. The van der Waals surface area contributed by atoms with Gasteiger partial charge in [0.15, 0.2) is 0 Å². The van der Waals surface area contributed by atoms with E-state index in [1.165, 1.54) is 7.11 Å². The van der Waals surface area contributed by atoms with Crippen LogP contribution in [0.15, 0.2) is 0 Å². The smallest absolute Gasteiger partial charge is 0.223 e. The van der Waals surface area contributed by atoms with E-state index in [-0.39, 0.29) is 12.0 Å². The molecule has 1 N–H and O–H groups in total. The zero-order valence-corrected chi connectivity index (χ0v) is 8.33. The fourth-order valence-corrected chi connectivity index (χ4v) is 1.59. The summed E-state index contributed by atoms with van der Waals surface area (Å²) in [5.74, 6) is 0.303. The molecule has 13 heavy (non-hydrogen) atoms. The van der Waals surface area contributed by atoms with Gasteiger partial charge in [0.2, 0.25) is 5.91 Å². The van der Waals surface area contributed by atoms with Gasteiger partial charge in [-0.2, -0.15) is 0 Å². The molecule has 5 heteroatoms. The number of amides is 1. The van der Waals surface area contributed by atoms with Gasteiger partial charge in [0.25, 0.3) is 0 Å². The standard InChI is InChI=1S/C8H14ClNO3/c1-13-7-5-10(4-6(7)11)8(12)2-3-9/h6-7,11H,2-5H2,1H3. The molecule has 1 amide bonds. The first-order valence-electron chi connectivity index (χ1n) is 4.23. The largest absolute Gasteiger partial charge is 0.388 e. The minimum absolute atomic E-state index is 0.0198. The van der Waals surface area contributed by atoms with Gasteiger partial charge < -0.3 is 14.7 Å². The average molecular weight is 208 g/mol. The highest BCUT2D eigenvalue weighted by atomic mass is 35.5. The number of aliphatic hydroxyl groups excluding tert-OH is 1. The zero-order valence-electron chi connectivity index (χ0n) is 7.57. The van der Waals surface area contributed by atoms with Crippen molar-refractivity contribution in [3.05, 3.63) is 0 Å². The van der Waals surface area contributed by atoms with Crippen LogP contribution in [0.1, 0.15) is 6.42 Å². The number of rotatable bonds is 3. The molecular weight excluding hydrogens is 194 g/mol. The number of nitrogens with zero attached hydrogens (tertiary/aromatic N) is 1. The maximum Gasteiger partial charge on any atom is 0.223 e. The van der Waals surface area contributed by atoms with E-state index in [4.69, 9.17) is 16.3 Å². The molecule has 1 aliphatic heterocycles. The van der Waals surface area contributed by atoms with E-state index in [2.05, 4.69) is 0 Å². The summed E-state index contributed by atoms with van der Waals surface area (Å²) in [5, 5.41) is 9.42. The summed E-state index contributed by atoms with van der Waals surface area (Å²) in [6.45, 7) is 0.821. The Morgan fingerprint density at radius 1 is 1.69 bits per heavy atom. The van der Waals surface area contributed by atoms with Crippen LogP contribution in [0.2, 0.25) is 0 Å². The van der Waals surface area contributed by atoms with Gasteiger partial charge >= 0.3 is 0 Å². The van der Waals surface area contributed by atoms with Crippen LogP contribution >= 0.6 is 11.6 Å². The molecule has 0 radical (unpaired) electrons. The van der Waals surface area contributed by atoms with E-state index >= 15 is 0 Å². The van der Waals surface area contributed by atoms with Crippen molar-refractivity contribution in [3.63, 3.8) is 0 Å². The summed E-state index contributed by atoms with van der Waals surface area (Å²) < 4.78 is 5.01. The summed E-state index contributed by atoms with van der Waals surface area (Å²) in [6.07, 6.45) is -0.492. The second kappa shape index (κ2) is 4.79. The molecule has 0 aromatic heterocycles. The lowest BCUT2D eigenvalue weighted by atomic mass is 10.3. The van der Waals surface area contributed by atoms with Crippen molar-refractivity contribution in [1.82, 2.24) is 4.90 Å². The lowest BCUT2D eigenvalue weighted by Gasteiger charge is -2.14. The lowest BCUT2D eigenvalue weighted by Crippen LogP contribution is -2.29. The molecule has 0 spiro atoms. The maximum absolute atomic E-state index is 11.3. The van der Waals surface area contributed by atoms with Crippen LogP contribution in [0, 0.1) is 0 Å². The Balaban J connectivity index is 2.43. The number of halogens is 1. The van der Waals surface area contributed by atoms with Gasteiger partial charge in [-0.15, -0.1) is 11.6 Å². The van der Waals surface area contributed by atoms with Gasteiger partial charge in [-0.05, 0) is 0 Å². The number of carbonyl (C=O) groups excluding carboxylic acids is 1. The number of carbonyl (C=O) groups is 1. The average Bonchev–Trinajstić information content (AvgIpc) is 2.47. The van der Waals surface area contributed by atoms with Crippen molar-refractivity contribution >= 4 is 17.5 Å². The summed E-state index contributed by atoms with van der Waals surface area (Å²) in [6, 6.07) is 0. The zero-order chi connectivity index (χ0) is 9.84. The topological polar surface area (TPSA) is 49.8 Å². The summed E-state index contributed by atoms with van der Waals surface area (Å²) in [5.41, 5.74) is 0. The van der Waals surface area contributed by atoms with E-state index in [9.17, 15) is 9.90 Å². The van der Waals surface area contributed by atoms with Crippen LogP contribution in [0.4, 0.5) is 0 Å². The van der Waals surface area contributed by atoms with Crippen LogP contribution in [-0.4, -0.2) is 54.2 Å². The number of aliphatic hydroxyl groups is 1. The predicted molar refractivity (Wildman–Crippen MR) is 48.7 cm³/mol. The number of hydrogen-bond acceptors (Lipinski definition) is 3. The number of ether oxygens (including phenoxy) is 1. The van der Waals surface area contributed by atoms with E-state index in [1.54, 1.807) is 4.90 Å². The van der Waals surface area contributed by atoms with Crippen molar-refractivity contribution < 1.29 is 14.6 Å². The molecule has 1 aliphatic rings. The Bertz CT molecular complexity index is 188. The molecule has 2 atom stereocenters.